The van der Waals surface area contributed by atoms with E-state index in [0.717, 1.165) is 41.3 Å². The van der Waals surface area contributed by atoms with Crippen molar-refractivity contribution in [3.63, 3.8) is 0 Å². The molecule has 0 aliphatic carbocycles. The van der Waals surface area contributed by atoms with Crippen molar-refractivity contribution >= 4 is 49.2 Å². The van der Waals surface area contributed by atoms with Crippen LogP contribution >= 0.6 is 23.2 Å². The Balaban J connectivity index is 2.78. The number of halogens is 2. The van der Waals surface area contributed by atoms with Gasteiger partial charge in [0.05, 0.1) is 0 Å². The molecule has 0 aliphatic heterocycles. The van der Waals surface area contributed by atoms with Gasteiger partial charge in [0.2, 0.25) is 0 Å². The Morgan fingerprint density at radius 3 is 2.26 bits per heavy atom. The van der Waals surface area contributed by atoms with Crippen LogP contribution in [-0.2, 0) is 0 Å². The second-order valence-corrected chi connectivity index (χ2v) is 7.89. The zero-order valence-corrected chi connectivity index (χ0v) is 15.3. The molecule has 0 aliphatic rings. The maximum atomic E-state index is 6.40. The van der Waals surface area contributed by atoms with Gasteiger partial charge in [0.25, 0.3) is 0 Å². The summed E-state index contributed by atoms with van der Waals surface area (Å²) in [5.74, 6) is 0. The first-order valence-electron chi connectivity index (χ1n) is 6.64. The first-order valence-corrected chi connectivity index (χ1v) is 9.91. The minimum atomic E-state index is -0.405. The molecule has 0 amide bonds. The predicted octanol–water partition coefficient (Wildman–Crippen LogP) is 5.98. The van der Waals surface area contributed by atoms with E-state index in [9.17, 15) is 0 Å². The molecule has 0 atom stereocenters. The molecular weight excluding hydrogens is 391 g/mol. The van der Waals surface area contributed by atoms with E-state index in [2.05, 4.69) is 18.0 Å². The molecule has 0 nitrogen and oxygen atoms in total. The summed E-state index contributed by atoms with van der Waals surface area (Å²) < 4.78 is 3.65. The molecule has 0 saturated carbocycles. The number of benzene rings is 1. The second-order valence-electron chi connectivity index (χ2n) is 4.28. The van der Waals surface area contributed by atoms with E-state index < -0.39 is 20.9 Å². The third-order valence-electron chi connectivity index (χ3n) is 2.60. The van der Waals surface area contributed by atoms with Crippen molar-refractivity contribution in [2.45, 2.75) is 39.5 Å². The van der Waals surface area contributed by atoms with Crippen LogP contribution in [0.3, 0.4) is 0 Å². The molecule has 1 aromatic carbocycles. The molecule has 0 heterocycles. The van der Waals surface area contributed by atoms with E-state index in [1.54, 1.807) is 0 Å². The zero-order valence-electron chi connectivity index (χ0n) is 11.5. The number of hydrogen-bond donors (Lipinski definition) is 0. The summed E-state index contributed by atoms with van der Waals surface area (Å²) >= 11 is 12.3. The summed E-state index contributed by atoms with van der Waals surface area (Å²) in [5, 5.41) is 1.93. The summed E-state index contributed by atoms with van der Waals surface area (Å²) in [6.45, 7) is 4.37. The molecule has 19 heavy (non-hydrogen) atoms. The predicted molar refractivity (Wildman–Crippen MR) is 88.7 cm³/mol. The summed E-state index contributed by atoms with van der Waals surface area (Å²) in [7, 11) is 0. The van der Waals surface area contributed by atoms with Crippen LogP contribution < -0.4 is 0 Å². The quantitative estimate of drug-likeness (QED) is 0.485. The average molecular weight is 411 g/mol. The van der Waals surface area contributed by atoms with Crippen molar-refractivity contribution in [3.05, 3.63) is 48.7 Å². The Labute approximate surface area is 137 Å². The minimum absolute atomic E-state index is 0.405. The van der Waals surface area contributed by atoms with Gasteiger partial charge in [-0.05, 0) is 0 Å². The van der Waals surface area contributed by atoms with Crippen molar-refractivity contribution < 1.29 is 0 Å². The molecule has 0 saturated heterocycles. The zero-order chi connectivity index (χ0) is 14.1. The normalized spacial score (nSPS) is 13.4. The molecule has 0 aromatic heterocycles. The first kappa shape index (κ1) is 17.1. The van der Waals surface area contributed by atoms with Gasteiger partial charge in [-0.15, -0.1) is 0 Å². The first-order chi connectivity index (χ1) is 9.19. The Kier molecular flexibility index (Phi) is 8.91. The van der Waals surface area contributed by atoms with Gasteiger partial charge in [-0.1, -0.05) is 0 Å². The van der Waals surface area contributed by atoms with Crippen molar-refractivity contribution in [2.75, 3.05) is 0 Å². The van der Waals surface area contributed by atoms with Crippen LogP contribution in [0.5, 0.6) is 0 Å². The van der Waals surface area contributed by atoms with Gasteiger partial charge in [-0.3, -0.25) is 0 Å². The van der Waals surface area contributed by atoms with E-state index in [4.69, 9.17) is 23.2 Å². The van der Waals surface area contributed by atoms with E-state index in [-0.39, 0.29) is 0 Å². The number of rotatable bonds is 7. The summed E-state index contributed by atoms with van der Waals surface area (Å²) in [5.41, 5.74) is 1.09. The number of allylic oxidation sites excluding steroid dienone is 2. The SMILES string of the molecule is CCC/C(Cl)=C(/CCC)[Te]/C=C(\Cl)c1ccccc1. The summed E-state index contributed by atoms with van der Waals surface area (Å²) in [6, 6.07) is 10.1. The van der Waals surface area contributed by atoms with E-state index >= 15 is 0 Å². The molecule has 0 radical (unpaired) electrons. The fourth-order valence-corrected chi connectivity index (χ4v) is 5.30. The molecule has 0 unspecified atom stereocenters. The third kappa shape index (κ3) is 6.37. The molecule has 0 bridgehead atoms. The van der Waals surface area contributed by atoms with Gasteiger partial charge in [-0.25, -0.2) is 0 Å². The summed E-state index contributed by atoms with van der Waals surface area (Å²) in [4.78, 5) is 0. The fourth-order valence-electron chi connectivity index (χ4n) is 1.63. The topological polar surface area (TPSA) is 0 Å². The Hall–Kier alpha value is 0.0696. The van der Waals surface area contributed by atoms with Crippen LogP contribution in [0.4, 0.5) is 0 Å². The maximum absolute atomic E-state index is 6.40. The van der Waals surface area contributed by atoms with Crippen LogP contribution in [0.15, 0.2) is 43.1 Å². The van der Waals surface area contributed by atoms with Gasteiger partial charge in [0.1, 0.15) is 0 Å². The van der Waals surface area contributed by atoms with Gasteiger partial charge >= 0.3 is 137 Å². The van der Waals surface area contributed by atoms with Crippen molar-refractivity contribution in [3.8, 4) is 0 Å². The molecule has 104 valence electrons. The fraction of sp³-hybridized carbons (Fsp3) is 0.375. The Morgan fingerprint density at radius 1 is 1.05 bits per heavy atom. The van der Waals surface area contributed by atoms with Crippen LogP contribution in [0, 0.1) is 0 Å². The van der Waals surface area contributed by atoms with E-state index in [0.29, 0.717) is 0 Å². The monoisotopic (exact) mass is 412 g/mol. The Bertz CT molecular complexity index is 435. The molecule has 0 N–H and O–H groups in total. The van der Waals surface area contributed by atoms with Crippen LogP contribution in [-0.4, -0.2) is 20.9 Å². The van der Waals surface area contributed by atoms with Crippen molar-refractivity contribution in [1.82, 2.24) is 0 Å². The van der Waals surface area contributed by atoms with E-state index in [1.807, 2.05) is 30.3 Å². The Morgan fingerprint density at radius 2 is 1.68 bits per heavy atom. The third-order valence-corrected chi connectivity index (χ3v) is 7.21. The molecule has 1 aromatic rings. The summed E-state index contributed by atoms with van der Waals surface area (Å²) in [6.07, 6.45) is 4.36. The van der Waals surface area contributed by atoms with Gasteiger partial charge in [-0.2, -0.15) is 0 Å². The molecule has 0 fully saturated rings. The van der Waals surface area contributed by atoms with Crippen LogP contribution in [0.25, 0.3) is 5.03 Å². The van der Waals surface area contributed by atoms with Crippen molar-refractivity contribution in [2.24, 2.45) is 0 Å². The van der Waals surface area contributed by atoms with Crippen LogP contribution in [0.2, 0.25) is 0 Å². The molecule has 3 heteroatoms. The van der Waals surface area contributed by atoms with Crippen molar-refractivity contribution in [1.29, 1.82) is 0 Å². The average Bonchev–Trinajstić information content (AvgIpc) is 2.44. The second kappa shape index (κ2) is 9.89. The van der Waals surface area contributed by atoms with Gasteiger partial charge < -0.3 is 0 Å². The molecular formula is C16H20Cl2Te. The van der Waals surface area contributed by atoms with E-state index in [1.165, 1.54) is 3.62 Å². The molecule has 1 rings (SSSR count). The van der Waals surface area contributed by atoms with Crippen LogP contribution in [0.1, 0.15) is 45.1 Å². The number of hydrogen-bond acceptors (Lipinski definition) is 0. The van der Waals surface area contributed by atoms with Gasteiger partial charge in [0, 0.05) is 0 Å². The molecule has 0 spiro atoms. The standard InChI is InChI=1S/C16H20Cl2Te/c1-3-8-14(17)16(9-4-2)19-12-15(18)13-10-6-5-7-11-13/h5-7,10-12H,3-4,8-9H2,1-2H3/b15-12-,16-14+. The van der Waals surface area contributed by atoms with Gasteiger partial charge in [0.15, 0.2) is 0 Å².